The first-order valence-corrected chi connectivity index (χ1v) is 6.76. The van der Waals surface area contributed by atoms with E-state index in [1.54, 1.807) is 0 Å². The number of ether oxygens (including phenoxy) is 1. The fraction of sp³-hybridized carbons (Fsp3) is 0.429. The number of anilines is 1. The molecule has 0 bridgehead atoms. The van der Waals surface area contributed by atoms with Crippen LogP contribution in [0.1, 0.15) is 17.5 Å². The van der Waals surface area contributed by atoms with Crippen LogP contribution in [0.5, 0.6) is 0 Å². The van der Waals surface area contributed by atoms with Crippen molar-refractivity contribution in [3.63, 3.8) is 0 Å². The quantitative estimate of drug-likeness (QED) is 0.679. The summed E-state index contributed by atoms with van der Waals surface area (Å²) in [7, 11) is 0. The molecular formula is C14H15F3N2O4. The minimum absolute atomic E-state index is 0.347. The van der Waals surface area contributed by atoms with Crippen molar-refractivity contribution in [1.82, 2.24) is 5.32 Å². The number of carboxylic acids is 1. The third-order valence-corrected chi connectivity index (χ3v) is 3.55. The average molecular weight is 332 g/mol. The lowest BCUT2D eigenvalue weighted by molar-refractivity contribution is -0.192. The van der Waals surface area contributed by atoms with E-state index in [0.717, 1.165) is 24.2 Å². The van der Waals surface area contributed by atoms with Crippen molar-refractivity contribution in [3.05, 3.63) is 29.3 Å². The number of aryl methyl sites for hydroxylation is 1. The molecule has 6 nitrogen and oxygen atoms in total. The molecule has 0 radical (unpaired) electrons. The van der Waals surface area contributed by atoms with Crippen LogP contribution in [0.4, 0.5) is 23.7 Å². The summed E-state index contributed by atoms with van der Waals surface area (Å²) < 4.78 is 37.2. The predicted molar refractivity (Wildman–Crippen MR) is 74.1 cm³/mol. The Bertz CT molecular complexity index is 625. The van der Waals surface area contributed by atoms with Crippen molar-refractivity contribution in [2.24, 2.45) is 0 Å². The van der Waals surface area contributed by atoms with Gasteiger partial charge in [-0.3, -0.25) is 5.32 Å². The number of rotatable bonds is 0. The molecule has 2 aliphatic rings. The molecule has 3 rings (SSSR count). The molecule has 1 amide bonds. The number of hydrogen-bond donors (Lipinski definition) is 3. The van der Waals surface area contributed by atoms with Crippen LogP contribution in [-0.4, -0.2) is 36.4 Å². The molecular weight excluding hydrogens is 317 g/mol. The number of fused-ring (bicyclic) bond motifs is 2. The molecule has 3 N–H and O–H groups in total. The second-order valence-corrected chi connectivity index (χ2v) is 5.29. The maximum absolute atomic E-state index is 11.5. The van der Waals surface area contributed by atoms with Crippen molar-refractivity contribution < 1.29 is 32.6 Å². The highest BCUT2D eigenvalue weighted by Gasteiger charge is 2.44. The molecule has 126 valence electrons. The SMILES string of the molecule is Cc1ccc2c(c1)C1(CCNC1)OC(=O)N2.O=C(O)C(F)(F)F. The number of amides is 1. The first-order valence-electron chi connectivity index (χ1n) is 6.76. The third-order valence-electron chi connectivity index (χ3n) is 3.55. The van der Waals surface area contributed by atoms with Gasteiger partial charge in [-0.25, -0.2) is 9.59 Å². The fourth-order valence-electron chi connectivity index (χ4n) is 2.50. The molecule has 1 aromatic rings. The Morgan fingerprint density at radius 2 is 2.04 bits per heavy atom. The molecule has 23 heavy (non-hydrogen) atoms. The molecule has 2 heterocycles. The standard InChI is InChI=1S/C12H14N2O2.C2HF3O2/c1-8-2-3-10-9(6-8)12(4-5-13-7-12)16-11(15)14-10;3-2(4,5)1(6)7/h2-3,6,13H,4-5,7H2,1H3,(H,14,15);(H,6,7). The summed E-state index contributed by atoms with van der Waals surface area (Å²) in [5.41, 5.74) is 2.70. The Hall–Kier alpha value is -2.29. The number of carbonyl (C=O) groups excluding carboxylic acids is 1. The van der Waals surface area contributed by atoms with E-state index in [1.807, 2.05) is 19.1 Å². The number of halogens is 3. The Balaban J connectivity index is 0.000000236. The van der Waals surface area contributed by atoms with Gasteiger partial charge in [0, 0.05) is 18.5 Å². The Kier molecular flexibility index (Phi) is 4.51. The van der Waals surface area contributed by atoms with Gasteiger partial charge in [-0.05, 0) is 25.6 Å². The van der Waals surface area contributed by atoms with Gasteiger partial charge in [-0.2, -0.15) is 13.2 Å². The number of alkyl halides is 3. The van der Waals surface area contributed by atoms with Gasteiger partial charge < -0.3 is 15.2 Å². The zero-order valence-electron chi connectivity index (χ0n) is 12.2. The number of aliphatic carboxylic acids is 1. The average Bonchev–Trinajstić information content (AvgIpc) is 2.88. The van der Waals surface area contributed by atoms with Crippen LogP contribution in [0, 0.1) is 6.92 Å². The lowest BCUT2D eigenvalue weighted by Gasteiger charge is -2.35. The lowest BCUT2D eigenvalue weighted by Crippen LogP contribution is -2.41. The topological polar surface area (TPSA) is 87.7 Å². The van der Waals surface area contributed by atoms with Gasteiger partial charge in [-0.1, -0.05) is 11.6 Å². The monoisotopic (exact) mass is 332 g/mol. The number of benzene rings is 1. The fourth-order valence-corrected chi connectivity index (χ4v) is 2.50. The van der Waals surface area contributed by atoms with E-state index >= 15 is 0 Å². The van der Waals surface area contributed by atoms with E-state index < -0.39 is 17.7 Å². The second kappa shape index (κ2) is 6.07. The van der Waals surface area contributed by atoms with Gasteiger partial charge >= 0.3 is 18.2 Å². The van der Waals surface area contributed by atoms with Crippen LogP contribution in [0.25, 0.3) is 0 Å². The van der Waals surface area contributed by atoms with E-state index in [-0.39, 0.29) is 6.09 Å². The highest BCUT2D eigenvalue weighted by molar-refractivity contribution is 5.89. The normalized spacial score (nSPS) is 22.5. The maximum atomic E-state index is 11.5. The molecule has 9 heteroatoms. The molecule has 0 aliphatic carbocycles. The van der Waals surface area contributed by atoms with Gasteiger partial charge in [0.1, 0.15) is 0 Å². The van der Waals surface area contributed by atoms with Crippen molar-refractivity contribution in [2.45, 2.75) is 25.1 Å². The van der Waals surface area contributed by atoms with Gasteiger partial charge in [0.2, 0.25) is 0 Å². The van der Waals surface area contributed by atoms with Crippen LogP contribution in [-0.2, 0) is 15.1 Å². The number of nitrogens with one attached hydrogen (secondary N) is 2. The van der Waals surface area contributed by atoms with Crippen molar-refractivity contribution in [3.8, 4) is 0 Å². The zero-order chi connectivity index (χ0) is 17.3. The number of carboxylic acid groups (broad SMARTS) is 1. The maximum Gasteiger partial charge on any atom is 0.490 e. The molecule has 2 aliphatic heterocycles. The van der Waals surface area contributed by atoms with Gasteiger partial charge in [0.05, 0.1) is 5.69 Å². The summed E-state index contributed by atoms with van der Waals surface area (Å²) in [4.78, 5) is 20.4. The van der Waals surface area contributed by atoms with E-state index in [9.17, 15) is 18.0 Å². The van der Waals surface area contributed by atoms with Crippen LogP contribution < -0.4 is 10.6 Å². The largest absolute Gasteiger partial charge is 0.490 e. The lowest BCUT2D eigenvalue weighted by atomic mass is 9.89. The summed E-state index contributed by atoms with van der Waals surface area (Å²) in [5.74, 6) is -2.76. The molecule has 1 fully saturated rings. The van der Waals surface area contributed by atoms with Gasteiger partial charge in [-0.15, -0.1) is 0 Å². The second-order valence-electron chi connectivity index (χ2n) is 5.29. The van der Waals surface area contributed by atoms with Crippen LogP contribution >= 0.6 is 0 Å². The van der Waals surface area contributed by atoms with Crippen LogP contribution in [0.2, 0.25) is 0 Å². The van der Waals surface area contributed by atoms with Crippen LogP contribution in [0.3, 0.4) is 0 Å². The summed E-state index contributed by atoms with van der Waals surface area (Å²) in [6, 6.07) is 6.05. The summed E-state index contributed by atoms with van der Waals surface area (Å²) in [6.07, 6.45) is -4.59. The van der Waals surface area contributed by atoms with E-state index in [1.165, 1.54) is 5.56 Å². The first kappa shape index (κ1) is 17.1. The summed E-state index contributed by atoms with van der Waals surface area (Å²) in [5, 5.41) is 13.1. The van der Waals surface area contributed by atoms with Gasteiger partial charge in [0.15, 0.2) is 5.60 Å². The molecule has 1 aromatic carbocycles. The highest BCUT2D eigenvalue weighted by atomic mass is 19.4. The highest BCUT2D eigenvalue weighted by Crippen LogP contribution is 2.40. The summed E-state index contributed by atoms with van der Waals surface area (Å²) >= 11 is 0. The first-order chi connectivity index (χ1) is 10.6. The Morgan fingerprint density at radius 1 is 1.39 bits per heavy atom. The van der Waals surface area contributed by atoms with E-state index in [0.29, 0.717) is 6.54 Å². The minimum atomic E-state index is -5.08. The van der Waals surface area contributed by atoms with E-state index in [2.05, 4.69) is 16.7 Å². The predicted octanol–water partition coefficient (Wildman–Crippen LogP) is 2.38. The number of hydrogen-bond acceptors (Lipinski definition) is 4. The number of carbonyl (C=O) groups is 2. The molecule has 1 spiro atoms. The minimum Gasteiger partial charge on any atom is -0.475 e. The molecule has 0 saturated carbocycles. The van der Waals surface area contributed by atoms with E-state index in [4.69, 9.17) is 14.6 Å². The Labute approximate surface area is 129 Å². The van der Waals surface area contributed by atoms with Crippen LogP contribution in [0.15, 0.2) is 18.2 Å². The Morgan fingerprint density at radius 3 is 2.57 bits per heavy atom. The molecule has 1 unspecified atom stereocenters. The molecule has 1 saturated heterocycles. The van der Waals surface area contributed by atoms with Crippen molar-refractivity contribution in [1.29, 1.82) is 0 Å². The van der Waals surface area contributed by atoms with Crippen molar-refractivity contribution in [2.75, 3.05) is 18.4 Å². The van der Waals surface area contributed by atoms with Gasteiger partial charge in [0.25, 0.3) is 0 Å². The summed E-state index contributed by atoms with van der Waals surface area (Å²) in [6.45, 7) is 3.64. The van der Waals surface area contributed by atoms with Crippen molar-refractivity contribution >= 4 is 17.7 Å². The molecule has 1 atom stereocenters. The third kappa shape index (κ3) is 3.73. The molecule has 0 aromatic heterocycles. The smallest absolute Gasteiger partial charge is 0.475 e. The zero-order valence-corrected chi connectivity index (χ0v) is 12.2.